The van der Waals surface area contributed by atoms with Gasteiger partial charge in [-0.15, -0.1) is 0 Å². The molecule has 1 unspecified atom stereocenters. The van der Waals surface area contributed by atoms with Crippen molar-refractivity contribution in [2.24, 2.45) is 5.92 Å². The van der Waals surface area contributed by atoms with Crippen LogP contribution in [0.25, 0.3) is 0 Å². The van der Waals surface area contributed by atoms with Gasteiger partial charge in [0.2, 0.25) is 0 Å². The van der Waals surface area contributed by atoms with Crippen LogP contribution in [0.15, 0.2) is 48.5 Å². The molecule has 2 aliphatic heterocycles. The Bertz CT molecular complexity index is 835. The molecule has 0 radical (unpaired) electrons. The van der Waals surface area contributed by atoms with Gasteiger partial charge < -0.3 is 15.0 Å². The third kappa shape index (κ3) is 4.03. The number of amides is 1. The van der Waals surface area contributed by atoms with Gasteiger partial charge in [-0.25, -0.2) is 0 Å². The molecule has 5 nitrogen and oxygen atoms in total. The molecule has 2 aromatic carbocycles. The van der Waals surface area contributed by atoms with E-state index >= 15 is 0 Å². The minimum absolute atomic E-state index is 0.0428. The topological polar surface area (TPSA) is 58.6 Å². The van der Waals surface area contributed by atoms with Crippen LogP contribution in [-0.4, -0.2) is 42.3 Å². The van der Waals surface area contributed by atoms with Crippen molar-refractivity contribution in [2.45, 2.75) is 25.8 Å². The molecule has 0 aliphatic carbocycles. The summed E-state index contributed by atoms with van der Waals surface area (Å²) >= 11 is 0. The number of ether oxygens (including phenoxy) is 1. The van der Waals surface area contributed by atoms with E-state index in [1.807, 2.05) is 12.1 Å². The number of Topliss-reactive ketones (excluding diaryl/α,β-unsaturated/α-hetero) is 1. The van der Waals surface area contributed by atoms with Crippen LogP contribution in [0.1, 0.15) is 40.5 Å². The largest absolute Gasteiger partial charge is 0.457 e. The molecular weight excluding hydrogens is 340 g/mol. The van der Waals surface area contributed by atoms with Crippen LogP contribution in [0.3, 0.4) is 0 Å². The van der Waals surface area contributed by atoms with E-state index in [0.29, 0.717) is 22.6 Å². The Kier molecular flexibility index (Phi) is 4.94. The normalized spacial score (nSPS) is 23.7. The quantitative estimate of drug-likeness (QED) is 0.825. The number of carbonyl (C=O) groups excluding carboxylic acids is 2. The molecule has 2 bridgehead atoms. The molecule has 4 rings (SSSR count). The average molecular weight is 364 g/mol. The molecule has 5 heteroatoms. The highest BCUT2D eigenvalue weighted by molar-refractivity contribution is 5.97. The third-order valence-electron chi connectivity index (χ3n) is 5.41. The maximum atomic E-state index is 12.5. The fourth-order valence-electron chi connectivity index (χ4n) is 4.08. The summed E-state index contributed by atoms with van der Waals surface area (Å²) in [6.07, 6.45) is 2.32. The molecule has 0 aromatic heterocycles. The summed E-state index contributed by atoms with van der Waals surface area (Å²) in [6.45, 7) is 4.81. The number of fused-ring (bicyclic) bond motifs is 2. The highest BCUT2D eigenvalue weighted by atomic mass is 16.5. The third-order valence-corrected chi connectivity index (χ3v) is 5.41. The fourth-order valence-corrected chi connectivity index (χ4v) is 4.08. The highest BCUT2D eigenvalue weighted by Crippen LogP contribution is 2.28. The summed E-state index contributed by atoms with van der Waals surface area (Å²) in [4.78, 5) is 26.7. The number of carbonyl (C=O) groups is 2. The lowest BCUT2D eigenvalue weighted by Crippen LogP contribution is -2.46. The molecular formula is C22H24N2O3. The number of para-hydroxylation sites is 1. The van der Waals surface area contributed by atoms with E-state index in [-0.39, 0.29) is 17.7 Å². The van der Waals surface area contributed by atoms with E-state index in [0.717, 1.165) is 25.4 Å². The Morgan fingerprint density at radius 2 is 1.85 bits per heavy atom. The zero-order chi connectivity index (χ0) is 18.8. The Hall–Kier alpha value is -2.66. The molecule has 140 valence electrons. The molecule has 3 atom stereocenters. The van der Waals surface area contributed by atoms with Crippen molar-refractivity contribution in [1.29, 1.82) is 0 Å². The lowest BCUT2D eigenvalue weighted by molar-refractivity contribution is 0.0909. The zero-order valence-electron chi connectivity index (χ0n) is 15.5. The average Bonchev–Trinajstić information content (AvgIpc) is 3.01. The minimum Gasteiger partial charge on any atom is -0.457 e. The number of nitrogens with one attached hydrogen (secondary N) is 1. The first-order chi connectivity index (χ1) is 13.1. The number of benzene rings is 2. The molecule has 2 heterocycles. The fraction of sp³-hybridized carbons (Fsp3) is 0.364. The Labute approximate surface area is 159 Å². The van der Waals surface area contributed by atoms with Crippen molar-refractivity contribution < 1.29 is 14.3 Å². The standard InChI is InChI=1S/C22H24N2O3/c1-15(25)20-4-2-3-5-21(20)27-19-8-6-17(7-9-19)22(26)23-18-12-16-10-11-24(13-16)14-18/h2-9,16,18H,10-14H2,1H3,(H,23,26)/t16-,18+/m0/s1. The number of ketones is 1. The van der Waals surface area contributed by atoms with Crippen LogP contribution >= 0.6 is 0 Å². The summed E-state index contributed by atoms with van der Waals surface area (Å²) in [7, 11) is 0. The van der Waals surface area contributed by atoms with E-state index in [1.54, 1.807) is 36.4 Å². The molecule has 2 aliphatic rings. The monoisotopic (exact) mass is 364 g/mol. The van der Waals surface area contributed by atoms with Crippen LogP contribution in [0.4, 0.5) is 0 Å². The lowest BCUT2D eigenvalue weighted by Gasteiger charge is -2.30. The van der Waals surface area contributed by atoms with Crippen LogP contribution in [-0.2, 0) is 0 Å². The first kappa shape index (κ1) is 17.7. The van der Waals surface area contributed by atoms with Crippen molar-refractivity contribution >= 4 is 11.7 Å². The van der Waals surface area contributed by atoms with Crippen molar-refractivity contribution in [3.8, 4) is 11.5 Å². The Balaban J connectivity index is 1.40. The maximum Gasteiger partial charge on any atom is 0.251 e. The van der Waals surface area contributed by atoms with Gasteiger partial charge in [-0.05, 0) is 68.6 Å². The Morgan fingerprint density at radius 3 is 2.59 bits per heavy atom. The second-order valence-corrected chi connectivity index (χ2v) is 7.50. The van der Waals surface area contributed by atoms with Gasteiger partial charge in [0.15, 0.2) is 5.78 Å². The number of nitrogens with zero attached hydrogens (tertiary/aromatic N) is 1. The Morgan fingerprint density at radius 1 is 1.07 bits per heavy atom. The summed E-state index contributed by atoms with van der Waals surface area (Å²) < 4.78 is 5.83. The molecule has 0 saturated carbocycles. The van der Waals surface area contributed by atoms with Crippen LogP contribution in [0.2, 0.25) is 0 Å². The first-order valence-electron chi connectivity index (χ1n) is 9.49. The maximum absolute atomic E-state index is 12.5. The summed E-state index contributed by atoms with van der Waals surface area (Å²) in [5.74, 6) is 1.76. The smallest absolute Gasteiger partial charge is 0.251 e. The van der Waals surface area contributed by atoms with E-state index in [9.17, 15) is 9.59 Å². The first-order valence-corrected chi connectivity index (χ1v) is 9.49. The van der Waals surface area contributed by atoms with Gasteiger partial charge in [-0.3, -0.25) is 9.59 Å². The predicted octanol–water partition coefficient (Wildman–Crippen LogP) is 3.51. The molecule has 2 saturated heterocycles. The van der Waals surface area contributed by atoms with Gasteiger partial charge in [-0.2, -0.15) is 0 Å². The van der Waals surface area contributed by atoms with Gasteiger partial charge in [0.05, 0.1) is 5.56 Å². The number of hydrogen-bond acceptors (Lipinski definition) is 4. The molecule has 0 spiro atoms. The molecule has 2 fully saturated rings. The van der Waals surface area contributed by atoms with Crippen LogP contribution in [0, 0.1) is 5.92 Å². The van der Waals surface area contributed by atoms with Crippen LogP contribution in [0.5, 0.6) is 11.5 Å². The summed E-state index contributed by atoms with van der Waals surface area (Å²) in [6, 6.07) is 14.4. The van der Waals surface area contributed by atoms with E-state index in [1.165, 1.54) is 19.9 Å². The van der Waals surface area contributed by atoms with Gasteiger partial charge in [0, 0.05) is 24.7 Å². The van der Waals surface area contributed by atoms with E-state index in [4.69, 9.17) is 4.74 Å². The van der Waals surface area contributed by atoms with Crippen molar-refractivity contribution in [2.75, 3.05) is 19.6 Å². The molecule has 1 N–H and O–H groups in total. The van der Waals surface area contributed by atoms with E-state index in [2.05, 4.69) is 10.2 Å². The van der Waals surface area contributed by atoms with Crippen LogP contribution < -0.4 is 10.1 Å². The SMILES string of the molecule is CC(=O)c1ccccc1Oc1ccc(C(=O)N[C@@H]2C[C@@H]3CCN(C3)C2)cc1. The number of piperidine rings is 1. The number of rotatable bonds is 5. The lowest BCUT2D eigenvalue weighted by atomic mass is 9.96. The molecule has 2 aromatic rings. The highest BCUT2D eigenvalue weighted by Gasteiger charge is 2.32. The van der Waals surface area contributed by atoms with Gasteiger partial charge in [0.25, 0.3) is 5.91 Å². The summed E-state index contributed by atoms with van der Waals surface area (Å²) in [5, 5.41) is 3.16. The number of hydrogen-bond donors (Lipinski definition) is 1. The van der Waals surface area contributed by atoms with Crippen molar-refractivity contribution in [3.63, 3.8) is 0 Å². The summed E-state index contributed by atoms with van der Waals surface area (Å²) in [5.41, 5.74) is 1.16. The van der Waals surface area contributed by atoms with Gasteiger partial charge in [-0.1, -0.05) is 12.1 Å². The molecule has 1 amide bonds. The second-order valence-electron chi connectivity index (χ2n) is 7.50. The predicted molar refractivity (Wildman–Crippen MR) is 103 cm³/mol. The van der Waals surface area contributed by atoms with Crippen molar-refractivity contribution in [3.05, 3.63) is 59.7 Å². The second kappa shape index (κ2) is 7.53. The van der Waals surface area contributed by atoms with Crippen molar-refractivity contribution in [1.82, 2.24) is 10.2 Å². The minimum atomic E-state index is -0.0433. The van der Waals surface area contributed by atoms with Gasteiger partial charge in [0.1, 0.15) is 11.5 Å². The molecule has 27 heavy (non-hydrogen) atoms. The zero-order valence-corrected chi connectivity index (χ0v) is 15.5. The van der Waals surface area contributed by atoms with Gasteiger partial charge >= 0.3 is 0 Å². The van der Waals surface area contributed by atoms with E-state index < -0.39 is 0 Å².